The molecule has 0 aromatic carbocycles. The number of nitrogens with two attached hydrogens (primary N) is 1. The molecule has 1 saturated heterocycles. The van der Waals surface area contributed by atoms with Gasteiger partial charge in [-0.3, -0.25) is 0 Å². The number of halogens is 1. The van der Waals surface area contributed by atoms with Gasteiger partial charge in [0.2, 0.25) is 5.95 Å². The third kappa shape index (κ3) is 2.45. The Hall–Kier alpha value is -0.430. The van der Waals surface area contributed by atoms with E-state index in [9.17, 15) is 0 Å². The number of anilines is 1. The summed E-state index contributed by atoms with van der Waals surface area (Å²) in [5.41, 5.74) is 5.82. The molecule has 2 unspecified atom stereocenters. The van der Waals surface area contributed by atoms with Gasteiger partial charge in [0.05, 0.1) is 0 Å². The molecule has 0 amide bonds. The molecular weight excluding hydrogens is 315 g/mol. The Labute approximate surface area is 110 Å². The van der Waals surface area contributed by atoms with E-state index in [0.29, 0.717) is 18.6 Å². The largest absolute Gasteiger partial charge is 0.334 e. The molecule has 0 bridgehead atoms. The summed E-state index contributed by atoms with van der Waals surface area (Å²) in [5.74, 6) is 0.822. The molecular formula is C11H17IN4. The molecule has 2 rings (SSSR count). The average Bonchev–Trinajstić information content (AvgIpc) is 2.30. The summed E-state index contributed by atoms with van der Waals surface area (Å²) in [6, 6.07) is 0.881. The maximum atomic E-state index is 5.82. The van der Waals surface area contributed by atoms with Crippen molar-refractivity contribution in [2.45, 2.75) is 38.3 Å². The minimum atomic E-state index is 0.392. The van der Waals surface area contributed by atoms with Crippen molar-refractivity contribution in [1.82, 2.24) is 9.97 Å². The highest BCUT2D eigenvalue weighted by Crippen LogP contribution is 2.25. The van der Waals surface area contributed by atoms with Gasteiger partial charge in [0.1, 0.15) is 0 Å². The Morgan fingerprint density at radius 2 is 2.12 bits per heavy atom. The number of nitrogens with zero attached hydrogens (tertiary/aromatic N) is 3. The van der Waals surface area contributed by atoms with Crippen molar-refractivity contribution in [1.29, 1.82) is 0 Å². The van der Waals surface area contributed by atoms with Crippen LogP contribution < -0.4 is 10.6 Å². The van der Waals surface area contributed by atoms with Crippen LogP contribution in [0.15, 0.2) is 12.4 Å². The van der Waals surface area contributed by atoms with Crippen LogP contribution in [0.3, 0.4) is 0 Å². The van der Waals surface area contributed by atoms with Gasteiger partial charge < -0.3 is 10.6 Å². The summed E-state index contributed by atoms with van der Waals surface area (Å²) < 4.78 is 1.07. The highest BCUT2D eigenvalue weighted by atomic mass is 127. The van der Waals surface area contributed by atoms with Gasteiger partial charge in [-0.15, -0.1) is 0 Å². The Morgan fingerprint density at radius 3 is 2.75 bits per heavy atom. The lowest BCUT2D eigenvalue weighted by Gasteiger charge is -2.40. The lowest BCUT2D eigenvalue weighted by atomic mass is 9.97. The van der Waals surface area contributed by atoms with Crippen LogP contribution in [0.5, 0.6) is 0 Å². The van der Waals surface area contributed by atoms with Gasteiger partial charge >= 0.3 is 0 Å². The molecule has 1 aromatic heterocycles. The predicted octanol–water partition coefficient (Wildman–Crippen LogP) is 1.79. The third-order valence-corrected chi connectivity index (χ3v) is 3.69. The SMILES string of the molecule is CC1CCCC(CN)N1c1ncc(I)cn1. The number of hydrogen-bond acceptors (Lipinski definition) is 4. The first kappa shape index (κ1) is 12.0. The van der Waals surface area contributed by atoms with E-state index in [2.05, 4.69) is 44.4 Å². The van der Waals surface area contributed by atoms with Gasteiger partial charge in [-0.25, -0.2) is 9.97 Å². The smallest absolute Gasteiger partial charge is 0.225 e. The number of hydrogen-bond donors (Lipinski definition) is 1. The molecule has 2 heterocycles. The Balaban J connectivity index is 2.24. The molecule has 0 spiro atoms. The van der Waals surface area contributed by atoms with E-state index in [1.54, 1.807) is 0 Å². The van der Waals surface area contributed by atoms with Crippen molar-refractivity contribution in [2.75, 3.05) is 11.4 Å². The normalized spacial score (nSPS) is 25.8. The van der Waals surface area contributed by atoms with Crippen LogP contribution >= 0.6 is 22.6 Å². The molecule has 4 nitrogen and oxygen atoms in total. The van der Waals surface area contributed by atoms with E-state index in [1.165, 1.54) is 12.8 Å². The molecule has 88 valence electrons. The van der Waals surface area contributed by atoms with Crippen LogP contribution in [0, 0.1) is 3.57 Å². The van der Waals surface area contributed by atoms with Crippen LogP contribution in [-0.2, 0) is 0 Å². The van der Waals surface area contributed by atoms with Crippen LogP contribution in [0.2, 0.25) is 0 Å². The van der Waals surface area contributed by atoms with Gasteiger partial charge in [-0.2, -0.15) is 0 Å². The molecule has 2 N–H and O–H groups in total. The standard InChI is InChI=1S/C11H17IN4/c1-8-3-2-4-10(5-13)16(8)11-14-6-9(12)7-15-11/h6-8,10H,2-5,13H2,1H3. The quantitative estimate of drug-likeness (QED) is 0.839. The zero-order chi connectivity index (χ0) is 11.5. The molecule has 1 aliphatic rings. The van der Waals surface area contributed by atoms with Crippen LogP contribution in [0.1, 0.15) is 26.2 Å². The Morgan fingerprint density at radius 1 is 1.44 bits per heavy atom. The van der Waals surface area contributed by atoms with Crippen molar-refractivity contribution < 1.29 is 0 Å². The molecule has 16 heavy (non-hydrogen) atoms. The topological polar surface area (TPSA) is 55.0 Å². The van der Waals surface area contributed by atoms with E-state index in [-0.39, 0.29) is 0 Å². The van der Waals surface area contributed by atoms with Crippen molar-refractivity contribution in [2.24, 2.45) is 5.73 Å². The van der Waals surface area contributed by atoms with Gasteiger partial charge in [-0.05, 0) is 48.8 Å². The molecule has 1 aromatic rings. The lowest BCUT2D eigenvalue weighted by molar-refractivity contribution is 0.394. The highest BCUT2D eigenvalue weighted by molar-refractivity contribution is 14.1. The van der Waals surface area contributed by atoms with Crippen LogP contribution in [0.4, 0.5) is 5.95 Å². The fourth-order valence-electron chi connectivity index (χ4n) is 2.32. The highest BCUT2D eigenvalue weighted by Gasteiger charge is 2.28. The lowest BCUT2D eigenvalue weighted by Crippen LogP contribution is -2.49. The van der Waals surface area contributed by atoms with E-state index < -0.39 is 0 Å². The molecule has 1 fully saturated rings. The summed E-state index contributed by atoms with van der Waals surface area (Å²) in [5, 5.41) is 0. The zero-order valence-corrected chi connectivity index (χ0v) is 11.6. The number of aromatic nitrogens is 2. The zero-order valence-electron chi connectivity index (χ0n) is 9.43. The maximum Gasteiger partial charge on any atom is 0.225 e. The number of piperidine rings is 1. The molecule has 0 radical (unpaired) electrons. The van der Waals surface area contributed by atoms with Gasteiger partial charge in [0.25, 0.3) is 0 Å². The first-order valence-electron chi connectivity index (χ1n) is 5.68. The predicted molar refractivity (Wildman–Crippen MR) is 73.4 cm³/mol. The molecule has 0 aliphatic carbocycles. The second-order valence-corrected chi connectivity index (χ2v) is 5.52. The van der Waals surface area contributed by atoms with Crippen molar-refractivity contribution in [3.05, 3.63) is 16.0 Å². The van der Waals surface area contributed by atoms with E-state index >= 15 is 0 Å². The second kappa shape index (κ2) is 5.27. The summed E-state index contributed by atoms with van der Waals surface area (Å²) in [6.45, 7) is 2.91. The van der Waals surface area contributed by atoms with Crippen molar-refractivity contribution in [3.8, 4) is 0 Å². The first-order chi connectivity index (χ1) is 7.72. The summed E-state index contributed by atoms with van der Waals surface area (Å²) >= 11 is 2.22. The molecule has 5 heteroatoms. The Bertz CT molecular complexity index is 340. The third-order valence-electron chi connectivity index (χ3n) is 3.14. The Kier molecular flexibility index (Phi) is 3.96. The van der Waals surface area contributed by atoms with Gasteiger partial charge in [0.15, 0.2) is 0 Å². The summed E-state index contributed by atoms with van der Waals surface area (Å²) in [4.78, 5) is 11.1. The minimum absolute atomic E-state index is 0.392. The van der Waals surface area contributed by atoms with E-state index in [1.807, 2.05) is 12.4 Å². The fraction of sp³-hybridized carbons (Fsp3) is 0.636. The molecule has 1 aliphatic heterocycles. The van der Waals surface area contributed by atoms with Crippen LogP contribution in [-0.4, -0.2) is 28.6 Å². The second-order valence-electron chi connectivity index (χ2n) is 4.28. The average molecular weight is 332 g/mol. The molecule has 0 saturated carbocycles. The molecule has 2 atom stereocenters. The summed E-state index contributed by atoms with van der Waals surface area (Å²) in [6.07, 6.45) is 7.32. The number of rotatable bonds is 2. The van der Waals surface area contributed by atoms with E-state index in [0.717, 1.165) is 15.9 Å². The van der Waals surface area contributed by atoms with Gasteiger partial charge in [-0.1, -0.05) is 0 Å². The first-order valence-corrected chi connectivity index (χ1v) is 6.76. The van der Waals surface area contributed by atoms with Crippen molar-refractivity contribution in [3.63, 3.8) is 0 Å². The van der Waals surface area contributed by atoms with Crippen LogP contribution in [0.25, 0.3) is 0 Å². The van der Waals surface area contributed by atoms with Crippen molar-refractivity contribution >= 4 is 28.5 Å². The monoisotopic (exact) mass is 332 g/mol. The minimum Gasteiger partial charge on any atom is -0.334 e. The van der Waals surface area contributed by atoms with Gasteiger partial charge in [0, 0.05) is 34.6 Å². The fourth-order valence-corrected chi connectivity index (χ4v) is 2.60. The van der Waals surface area contributed by atoms with E-state index in [4.69, 9.17) is 5.73 Å². The summed E-state index contributed by atoms with van der Waals surface area (Å²) in [7, 11) is 0. The maximum absolute atomic E-state index is 5.82.